The standard InChI is InChI=1S/C18H22N2/c1-14-7-9-15(10-8-14)11-20-12-17(18(19)13-20)16-5-3-2-4-6-16/h2-10,17-18H,11-13,19H2,1H3/t17-,18+/m0/s1. The van der Waals surface area contributed by atoms with Gasteiger partial charge in [-0.15, -0.1) is 0 Å². The van der Waals surface area contributed by atoms with Crippen LogP contribution in [0.15, 0.2) is 54.6 Å². The lowest BCUT2D eigenvalue weighted by atomic mass is 9.95. The molecule has 1 heterocycles. The van der Waals surface area contributed by atoms with E-state index >= 15 is 0 Å². The van der Waals surface area contributed by atoms with Crippen molar-refractivity contribution < 1.29 is 0 Å². The number of benzene rings is 2. The normalized spacial score (nSPS) is 23.1. The summed E-state index contributed by atoms with van der Waals surface area (Å²) in [6.45, 7) is 5.16. The van der Waals surface area contributed by atoms with Crippen LogP contribution >= 0.6 is 0 Å². The van der Waals surface area contributed by atoms with Crippen LogP contribution in [-0.4, -0.2) is 24.0 Å². The van der Waals surface area contributed by atoms with Crippen LogP contribution in [0.5, 0.6) is 0 Å². The Hall–Kier alpha value is -1.64. The minimum absolute atomic E-state index is 0.239. The summed E-state index contributed by atoms with van der Waals surface area (Å²) in [6, 6.07) is 19.7. The van der Waals surface area contributed by atoms with Crippen molar-refractivity contribution in [2.75, 3.05) is 13.1 Å². The van der Waals surface area contributed by atoms with Crippen LogP contribution in [-0.2, 0) is 6.54 Å². The summed E-state index contributed by atoms with van der Waals surface area (Å²) in [5, 5.41) is 0. The van der Waals surface area contributed by atoms with E-state index in [-0.39, 0.29) is 6.04 Å². The molecule has 2 aromatic carbocycles. The molecular formula is C18H22N2. The summed E-state index contributed by atoms with van der Waals surface area (Å²) in [5.41, 5.74) is 10.4. The second kappa shape index (κ2) is 5.78. The number of nitrogens with zero attached hydrogens (tertiary/aromatic N) is 1. The van der Waals surface area contributed by atoms with E-state index in [1.54, 1.807) is 0 Å². The van der Waals surface area contributed by atoms with Crippen LogP contribution in [0.4, 0.5) is 0 Å². The molecule has 0 saturated carbocycles. The van der Waals surface area contributed by atoms with E-state index in [1.807, 2.05) is 0 Å². The summed E-state index contributed by atoms with van der Waals surface area (Å²) in [6.07, 6.45) is 0. The van der Waals surface area contributed by atoms with Gasteiger partial charge in [-0.3, -0.25) is 4.90 Å². The molecule has 104 valence electrons. The number of rotatable bonds is 3. The van der Waals surface area contributed by atoms with Crippen molar-refractivity contribution in [3.8, 4) is 0 Å². The van der Waals surface area contributed by atoms with Crippen molar-refractivity contribution in [3.05, 3.63) is 71.3 Å². The summed E-state index contributed by atoms with van der Waals surface area (Å²) in [7, 11) is 0. The summed E-state index contributed by atoms with van der Waals surface area (Å²) in [5.74, 6) is 0.460. The Morgan fingerprint density at radius 2 is 1.70 bits per heavy atom. The smallest absolute Gasteiger partial charge is 0.0250 e. The van der Waals surface area contributed by atoms with Gasteiger partial charge in [-0.2, -0.15) is 0 Å². The maximum atomic E-state index is 6.34. The first-order chi connectivity index (χ1) is 9.72. The van der Waals surface area contributed by atoms with Gasteiger partial charge in [0, 0.05) is 31.6 Å². The highest BCUT2D eigenvalue weighted by atomic mass is 15.2. The lowest BCUT2D eigenvalue weighted by molar-refractivity contribution is 0.324. The second-order valence-electron chi connectivity index (χ2n) is 5.86. The van der Waals surface area contributed by atoms with Crippen LogP contribution in [0.2, 0.25) is 0 Å². The van der Waals surface area contributed by atoms with Gasteiger partial charge in [-0.05, 0) is 18.1 Å². The van der Waals surface area contributed by atoms with Crippen molar-refractivity contribution in [1.82, 2.24) is 4.90 Å². The average Bonchev–Trinajstić information content (AvgIpc) is 2.83. The number of hydrogen-bond acceptors (Lipinski definition) is 2. The van der Waals surface area contributed by atoms with Crippen molar-refractivity contribution in [3.63, 3.8) is 0 Å². The van der Waals surface area contributed by atoms with Crippen molar-refractivity contribution in [1.29, 1.82) is 0 Å². The van der Waals surface area contributed by atoms with Gasteiger partial charge in [0.15, 0.2) is 0 Å². The van der Waals surface area contributed by atoms with Crippen LogP contribution < -0.4 is 5.73 Å². The Labute approximate surface area is 121 Å². The molecule has 3 rings (SSSR count). The highest BCUT2D eigenvalue weighted by Gasteiger charge is 2.30. The van der Waals surface area contributed by atoms with Gasteiger partial charge in [0.25, 0.3) is 0 Å². The molecule has 0 amide bonds. The van der Waals surface area contributed by atoms with E-state index in [0.717, 1.165) is 19.6 Å². The molecule has 2 nitrogen and oxygen atoms in total. The first-order valence-corrected chi connectivity index (χ1v) is 7.31. The van der Waals surface area contributed by atoms with E-state index in [1.165, 1.54) is 16.7 Å². The highest BCUT2D eigenvalue weighted by molar-refractivity contribution is 5.25. The molecule has 2 atom stereocenters. The minimum atomic E-state index is 0.239. The van der Waals surface area contributed by atoms with Crippen molar-refractivity contribution in [2.24, 2.45) is 5.73 Å². The van der Waals surface area contributed by atoms with Crippen LogP contribution in [0.1, 0.15) is 22.6 Å². The van der Waals surface area contributed by atoms with Crippen molar-refractivity contribution in [2.45, 2.75) is 25.4 Å². The van der Waals surface area contributed by atoms with E-state index in [2.05, 4.69) is 66.4 Å². The van der Waals surface area contributed by atoms with Gasteiger partial charge in [0.2, 0.25) is 0 Å². The summed E-state index contributed by atoms with van der Waals surface area (Å²) in [4.78, 5) is 2.47. The summed E-state index contributed by atoms with van der Waals surface area (Å²) < 4.78 is 0. The van der Waals surface area contributed by atoms with Gasteiger partial charge < -0.3 is 5.73 Å². The molecule has 1 aliphatic rings. The van der Waals surface area contributed by atoms with Crippen LogP contribution in [0.25, 0.3) is 0 Å². The van der Waals surface area contributed by atoms with Gasteiger partial charge in [-0.25, -0.2) is 0 Å². The summed E-state index contributed by atoms with van der Waals surface area (Å²) >= 11 is 0. The zero-order chi connectivity index (χ0) is 13.9. The Bertz CT molecular complexity index is 547. The third-order valence-corrected chi connectivity index (χ3v) is 4.20. The van der Waals surface area contributed by atoms with Crippen molar-refractivity contribution >= 4 is 0 Å². The van der Waals surface area contributed by atoms with Crippen LogP contribution in [0, 0.1) is 6.92 Å². The molecule has 2 N–H and O–H groups in total. The molecule has 0 spiro atoms. The lowest BCUT2D eigenvalue weighted by Gasteiger charge is -2.16. The van der Waals surface area contributed by atoms with E-state index < -0.39 is 0 Å². The minimum Gasteiger partial charge on any atom is -0.326 e. The quantitative estimate of drug-likeness (QED) is 0.925. The molecule has 1 aliphatic heterocycles. The third kappa shape index (κ3) is 2.92. The molecular weight excluding hydrogens is 244 g/mol. The molecule has 0 aliphatic carbocycles. The highest BCUT2D eigenvalue weighted by Crippen LogP contribution is 2.27. The monoisotopic (exact) mass is 266 g/mol. The molecule has 2 aromatic rings. The van der Waals surface area contributed by atoms with Gasteiger partial charge >= 0.3 is 0 Å². The number of hydrogen-bond donors (Lipinski definition) is 1. The van der Waals surface area contributed by atoms with Gasteiger partial charge in [-0.1, -0.05) is 60.2 Å². The van der Waals surface area contributed by atoms with E-state index in [4.69, 9.17) is 5.73 Å². The molecule has 20 heavy (non-hydrogen) atoms. The van der Waals surface area contributed by atoms with Crippen LogP contribution in [0.3, 0.4) is 0 Å². The first kappa shape index (κ1) is 13.3. The Balaban J connectivity index is 1.68. The van der Waals surface area contributed by atoms with E-state index in [0.29, 0.717) is 5.92 Å². The van der Waals surface area contributed by atoms with Gasteiger partial charge in [0.1, 0.15) is 0 Å². The molecule has 0 bridgehead atoms. The van der Waals surface area contributed by atoms with Gasteiger partial charge in [0.05, 0.1) is 0 Å². The maximum absolute atomic E-state index is 6.34. The molecule has 1 saturated heterocycles. The first-order valence-electron chi connectivity index (χ1n) is 7.31. The molecule has 1 fully saturated rings. The number of likely N-dealkylation sites (tertiary alicyclic amines) is 1. The average molecular weight is 266 g/mol. The topological polar surface area (TPSA) is 29.3 Å². The zero-order valence-electron chi connectivity index (χ0n) is 12.0. The molecule has 0 unspecified atom stereocenters. The Morgan fingerprint density at radius 1 is 1.00 bits per heavy atom. The third-order valence-electron chi connectivity index (χ3n) is 4.20. The SMILES string of the molecule is Cc1ccc(CN2C[C@@H](N)[C@H](c3ccccc3)C2)cc1. The molecule has 0 aromatic heterocycles. The predicted octanol–water partition coefficient (Wildman–Crippen LogP) is 2.92. The fraction of sp³-hybridized carbons (Fsp3) is 0.333. The Kier molecular flexibility index (Phi) is 3.86. The van der Waals surface area contributed by atoms with E-state index in [9.17, 15) is 0 Å². The maximum Gasteiger partial charge on any atom is 0.0250 e. The second-order valence-corrected chi connectivity index (χ2v) is 5.86. The Morgan fingerprint density at radius 3 is 2.40 bits per heavy atom. The number of aryl methyl sites for hydroxylation is 1. The fourth-order valence-electron chi connectivity index (χ4n) is 3.05. The largest absolute Gasteiger partial charge is 0.326 e. The lowest BCUT2D eigenvalue weighted by Crippen LogP contribution is -2.28. The molecule has 0 radical (unpaired) electrons. The zero-order valence-corrected chi connectivity index (χ0v) is 12.0. The molecule has 2 heteroatoms. The predicted molar refractivity (Wildman–Crippen MR) is 83.6 cm³/mol. The number of nitrogens with two attached hydrogens (primary N) is 1. The fourth-order valence-corrected chi connectivity index (χ4v) is 3.05.